The summed E-state index contributed by atoms with van der Waals surface area (Å²) in [4.78, 5) is 14.0. The van der Waals surface area contributed by atoms with Crippen LogP contribution >= 0.6 is 11.3 Å². The van der Waals surface area contributed by atoms with E-state index in [1.54, 1.807) is 11.3 Å². The Kier molecular flexibility index (Phi) is 3.41. The maximum atomic E-state index is 12.0. The molecule has 0 saturated heterocycles. The molecule has 82 valence electrons. The number of hydrogen-bond donors (Lipinski definition) is 0. The van der Waals surface area contributed by atoms with E-state index in [0.717, 1.165) is 5.56 Å². The molecule has 1 saturated carbocycles. The highest BCUT2D eigenvalue weighted by Gasteiger charge is 2.22. The third-order valence-corrected chi connectivity index (χ3v) is 3.89. The predicted octanol–water partition coefficient (Wildman–Crippen LogP) is 3.15. The van der Waals surface area contributed by atoms with Gasteiger partial charge in [-0.15, -0.1) is 0 Å². The van der Waals surface area contributed by atoms with Crippen LogP contribution in [-0.2, 0) is 0 Å². The van der Waals surface area contributed by atoms with E-state index in [9.17, 15) is 4.79 Å². The molecule has 3 heteroatoms. The molecule has 1 aliphatic rings. The van der Waals surface area contributed by atoms with E-state index in [1.165, 1.54) is 32.1 Å². The van der Waals surface area contributed by atoms with Crippen LogP contribution in [0.4, 0.5) is 0 Å². The van der Waals surface area contributed by atoms with E-state index < -0.39 is 0 Å². The van der Waals surface area contributed by atoms with Gasteiger partial charge in [0.25, 0.3) is 5.91 Å². The second-order valence-corrected chi connectivity index (χ2v) is 5.00. The number of amides is 1. The normalized spacial score (nSPS) is 17.7. The minimum atomic E-state index is 0.183. The highest BCUT2D eigenvalue weighted by molar-refractivity contribution is 7.08. The van der Waals surface area contributed by atoms with Gasteiger partial charge in [0.1, 0.15) is 0 Å². The highest BCUT2D eigenvalue weighted by atomic mass is 32.1. The fourth-order valence-corrected chi connectivity index (χ4v) is 2.85. The van der Waals surface area contributed by atoms with Crippen LogP contribution in [0.5, 0.6) is 0 Å². The lowest BCUT2D eigenvalue weighted by Gasteiger charge is -2.31. The molecule has 0 aromatic carbocycles. The van der Waals surface area contributed by atoms with Crippen molar-refractivity contribution >= 4 is 17.2 Å². The molecule has 0 N–H and O–H groups in total. The molecule has 1 fully saturated rings. The minimum Gasteiger partial charge on any atom is -0.339 e. The largest absolute Gasteiger partial charge is 0.339 e. The predicted molar refractivity (Wildman–Crippen MR) is 63.3 cm³/mol. The zero-order valence-electron chi connectivity index (χ0n) is 9.11. The van der Waals surface area contributed by atoms with Crippen LogP contribution in [0.15, 0.2) is 16.8 Å². The second kappa shape index (κ2) is 4.79. The Morgan fingerprint density at radius 3 is 2.73 bits per heavy atom. The van der Waals surface area contributed by atoms with Crippen LogP contribution in [0.2, 0.25) is 0 Å². The van der Waals surface area contributed by atoms with Gasteiger partial charge in [-0.1, -0.05) is 19.3 Å². The summed E-state index contributed by atoms with van der Waals surface area (Å²) in [7, 11) is 1.94. The maximum Gasteiger partial charge on any atom is 0.254 e. The van der Waals surface area contributed by atoms with E-state index in [4.69, 9.17) is 0 Å². The lowest BCUT2D eigenvalue weighted by Crippen LogP contribution is -2.38. The molecular formula is C12H17NOS. The molecule has 0 unspecified atom stereocenters. The second-order valence-electron chi connectivity index (χ2n) is 4.22. The molecule has 1 heterocycles. The number of carbonyl (C=O) groups is 1. The van der Waals surface area contributed by atoms with Gasteiger partial charge in [0.2, 0.25) is 0 Å². The lowest BCUT2D eigenvalue weighted by atomic mass is 9.94. The van der Waals surface area contributed by atoms with E-state index in [-0.39, 0.29) is 5.91 Å². The molecule has 15 heavy (non-hydrogen) atoms. The molecule has 1 amide bonds. The van der Waals surface area contributed by atoms with Gasteiger partial charge in [-0.3, -0.25) is 4.79 Å². The van der Waals surface area contributed by atoms with Crippen molar-refractivity contribution in [3.8, 4) is 0 Å². The number of hydrogen-bond acceptors (Lipinski definition) is 2. The van der Waals surface area contributed by atoms with Crippen molar-refractivity contribution in [1.82, 2.24) is 4.90 Å². The SMILES string of the molecule is CN(C(=O)c1ccsc1)C1CCCCC1. The van der Waals surface area contributed by atoms with Crippen LogP contribution in [-0.4, -0.2) is 23.9 Å². The van der Waals surface area contributed by atoms with Crippen LogP contribution < -0.4 is 0 Å². The average molecular weight is 223 g/mol. The molecule has 1 aliphatic carbocycles. The van der Waals surface area contributed by atoms with Crippen LogP contribution in [0.25, 0.3) is 0 Å². The molecule has 0 aliphatic heterocycles. The molecule has 1 aromatic rings. The Morgan fingerprint density at radius 1 is 1.40 bits per heavy atom. The molecule has 2 rings (SSSR count). The first-order chi connectivity index (χ1) is 7.29. The maximum absolute atomic E-state index is 12.0. The summed E-state index contributed by atoms with van der Waals surface area (Å²) in [5.74, 6) is 0.183. The minimum absolute atomic E-state index is 0.183. The molecule has 1 aromatic heterocycles. The van der Waals surface area contributed by atoms with Crippen molar-refractivity contribution < 1.29 is 4.79 Å². The van der Waals surface area contributed by atoms with E-state index in [2.05, 4.69) is 0 Å². The molecule has 0 spiro atoms. The Morgan fingerprint density at radius 2 is 2.13 bits per heavy atom. The van der Waals surface area contributed by atoms with Crippen molar-refractivity contribution in [1.29, 1.82) is 0 Å². The van der Waals surface area contributed by atoms with Crippen molar-refractivity contribution in [3.05, 3.63) is 22.4 Å². The van der Waals surface area contributed by atoms with Crippen LogP contribution in [0.3, 0.4) is 0 Å². The van der Waals surface area contributed by atoms with Crippen LogP contribution in [0.1, 0.15) is 42.5 Å². The van der Waals surface area contributed by atoms with Gasteiger partial charge >= 0.3 is 0 Å². The zero-order valence-corrected chi connectivity index (χ0v) is 9.93. The van der Waals surface area contributed by atoms with Crippen molar-refractivity contribution in [3.63, 3.8) is 0 Å². The zero-order chi connectivity index (χ0) is 10.7. The fraction of sp³-hybridized carbons (Fsp3) is 0.583. The Hall–Kier alpha value is -0.830. The summed E-state index contributed by atoms with van der Waals surface area (Å²) in [6.07, 6.45) is 6.22. The molecule has 0 atom stereocenters. The number of thiophene rings is 1. The van der Waals surface area contributed by atoms with Crippen molar-refractivity contribution in [2.75, 3.05) is 7.05 Å². The van der Waals surface area contributed by atoms with Gasteiger partial charge in [-0.25, -0.2) is 0 Å². The van der Waals surface area contributed by atoms with Crippen molar-refractivity contribution in [2.45, 2.75) is 38.1 Å². The quantitative estimate of drug-likeness (QED) is 0.754. The topological polar surface area (TPSA) is 20.3 Å². The summed E-state index contributed by atoms with van der Waals surface area (Å²) in [6.45, 7) is 0. The number of nitrogens with zero attached hydrogens (tertiary/aromatic N) is 1. The van der Waals surface area contributed by atoms with Gasteiger partial charge in [0, 0.05) is 18.5 Å². The van der Waals surface area contributed by atoms with E-state index in [1.807, 2.05) is 28.8 Å². The van der Waals surface area contributed by atoms with E-state index >= 15 is 0 Å². The Balaban J connectivity index is 2.00. The molecule has 0 bridgehead atoms. The summed E-state index contributed by atoms with van der Waals surface area (Å²) in [5.41, 5.74) is 0.841. The fourth-order valence-electron chi connectivity index (χ4n) is 2.22. The van der Waals surface area contributed by atoms with Gasteiger partial charge in [0.05, 0.1) is 5.56 Å². The standard InChI is InChI=1S/C12H17NOS/c1-13(11-5-3-2-4-6-11)12(14)10-7-8-15-9-10/h7-9,11H,2-6H2,1H3. The first kappa shape index (κ1) is 10.7. The third kappa shape index (κ3) is 2.40. The van der Waals surface area contributed by atoms with Gasteiger partial charge < -0.3 is 4.90 Å². The van der Waals surface area contributed by atoms with Gasteiger partial charge in [-0.2, -0.15) is 11.3 Å². The number of rotatable bonds is 2. The molecule has 2 nitrogen and oxygen atoms in total. The van der Waals surface area contributed by atoms with Gasteiger partial charge in [0.15, 0.2) is 0 Å². The highest BCUT2D eigenvalue weighted by Crippen LogP contribution is 2.23. The van der Waals surface area contributed by atoms with E-state index in [0.29, 0.717) is 6.04 Å². The monoisotopic (exact) mass is 223 g/mol. The van der Waals surface area contributed by atoms with Crippen LogP contribution in [0, 0.1) is 0 Å². The summed E-state index contributed by atoms with van der Waals surface area (Å²) in [6, 6.07) is 2.37. The molecular weight excluding hydrogens is 206 g/mol. The lowest BCUT2D eigenvalue weighted by molar-refractivity contribution is 0.0697. The third-order valence-electron chi connectivity index (χ3n) is 3.21. The first-order valence-corrected chi connectivity index (χ1v) is 6.52. The Bertz CT molecular complexity index is 314. The summed E-state index contributed by atoms with van der Waals surface area (Å²) in [5, 5.41) is 3.89. The Labute approximate surface area is 94.9 Å². The average Bonchev–Trinajstić information content (AvgIpc) is 2.82. The summed E-state index contributed by atoms with van der Waals surface area (Å²) >= 11 is 1.58. The smallest absolute Gasteiger partial charge is 0.254 e. The number of carbonyl (C=O) groups excluding carboxylic acids is 1. The van der Waals surface area contributed by atoms with Crippen molar-refractivity contribution in [2.24, 2.45) is 0 Å². The van der Waals surface area contributed by atoms with Gasteiger partial charge in [-0.05, 0) is 24.3 Å². The summed E-state index contributed by atoms with van der Waals surface area (Å²) < 4.78 is 0. The first-order valence-electron chi connectivity index (χ1n) is 5.58. The molecule has 0 radical (unpaired) electrons.